The summed E-state index contributed by atoms with van der Waals surface area (Å²) in [7, 11) is 0. The van der Waals surface area contributed by atoms with Crippen molar-refractivity contribution in [3.8, 4) is 0 Å². The molecule has 0 bridgehead atoms. The van der Waals surface area contributed by atoms with E-state index in [1.165, 1.54) is 51.4 Å². The molecule has 0 radical (unpaired) electrons. The van der Waals surface area contributed by atoms with Gasteiger partial charge in [-0.2, -0.15) is 0 Å². The molecule has 6 nitrogen and oxygen atoms in total. The Labute approximate surface area is 497 Å². The standard InChI is InChI=1S/C75H116O6/c1-4-7-10-13-16-19-22-24-26-28-30-32-33-34-35-36-37-38-39-40-41-43-44-46-48-50-53-56-59-62-65-68-74(77)80-71-72(70-79-73(76)67-64-61-58-55-52-21-18-15-12-9-6-3)81-75(78)69-66-63-60-57-54-51-49-47-45-42-31-29-27-25-23-20-17-14-11-8-5-2/h7-8,10-11,16-17,19-20,24-27,30-32,34-35,37-38,40-42,44,46-47,49-50,53-54,57,72H,4-6,9,12-15,18,21-23,28-29,33,36,39,43,45,48,51-52,55-56,58-71H2,1-3H3/b10-7-,11-8-,19-16-,20-17-,26-24-,27-25-,32-30-,35-34-,38-37-,41-40-,42-31-,46-44-,49-47-,53-50-,57-54-. The van der Waals surface area contributed by atoms with Crippen LogP contribution in [0.25, 0.3) is 0 Å². The van der Waals surface area contributed by atoms with E-state index in [-0.39, 0.29) is 37.5 Å². The Morgan fingerprint density at radius 3 is 0.778 bits per heavy atom. The van der Waals surface area contributed by atoms with Crippen molar-refractivity contribution in [1.82, 2.24) is 0 Å². The Morgan fingerprint density at radius 1 is 0.259 bits per heavy atom. The highest BCUT2D eigenvalue weighted by molar-refractivity contribution is 5.71. The molecule has 0 saturated heterocycles. The third-order valence-electron chi connectivity index (χ3n) is 12.9. The van der Waals surface area contributed by atoms with Crippen molar-refractivity contribution in [3.63, 3.8) is 0 Å². The summed E-state index contributed by atoms with van der Waals surface area (Å²) in [5.74, 6) is -1.000. The minimum atomic E-state index is -0.824. The normalized spacial score (nSPS) is 13.4. The van der Waals surface area contributed by atoms with Gasteiger partial charge < -0.3 is 14.2 Å². The predicted molar refractivity (Wildman–Crippen MR) is 352 cm³/mol. The van der Waals surface area contributed by atoms with Crippen LogP contribution < -0.4 is 0 Å². The van der Waals surface area contributed by atoms with Gasteiger partial charge in [-0.05, 0) is 141 Å². The Bertz CT molecular complexity index is 1900. The van der Waals surface area contributed by atoms with Crippen molar-refractivity contribution >= 4 is 17.9 Å². The highest BCUT2D eigenvalue weighted by Crippen LogP contribution is 2.14. The first-order valence-corrected chi connectivity index (χ1v) is 32.3. The van der Waals surface area contributed by atoms with Crippen molar-refractivity contribution < 1.29 is 28.6 Å². The van der Waals surface area contributed by atoms with E-state index in [1.807, 2.05) is 0 Å². The van der Waals surface area contributed by atoms with E-state index in [2.05, 4.69) is 203 Å². The van der Waals surface area contributed by atoms with Crippen LogP contribution in [-0.2, 0) is 28.6 Å². The first-order chi connectivity index (χ1) is 40.0. The Hall–Kier alpha value is -5.49. The van der Waals surface area contributed by atoms with Crippen molar-refractivity contribution in [3.05, 3.63) is 182 Å². The second kappa shape index (κ2) is 67.0. The van der Waals surface area contributed by atoms with Crippen LogP contribution in [0.5, 0.6) is 0 Å². The second-order valence-electron chi connectivity index (χ2n) is 20.6. The third-order valence-corrected chi connectivity index (χ3v) is 12.9. The molecule has 0 aliphatic rings. The van der Waals surface area contributed by atoms with E-state index in [0.29, 0.717) is 19.3 Å². The number of rotatable bonds is 56. The summed E-state index contributed by atoms with van der Waals surface area (Å²) in [4.78, 5) is 38.2. The lowest BCUT2D eigenvalue weighted by atomic mass is 10.1. The minimum absolute atomic E-state index is 0.113. The van der Waals surface area contributed by atoms with Crippen molar-refractivity contribution in [2.45, 2.75) is 258 Å². The summed E-state index contributed by atoms with van der Waals surface area (Å²) < 4.78 is 16.8. The molecule has 81 heavy (non-hydrogen) atoms. The number of hydrogen-bond donors (Lipinski definition) is 0. The molecule has 0 spiro atoms. The molecule has 0 amide bonds. The van der Waals surface area contributed by atoms with E-state index < -0.39 is 6.10 Å². The number of hydrogen-bond acceptors (Lipinski definition) is 6. The molecule has 0 aromatic heterocycles. The summed E-state index contributed by atoms with van der Waals surface area (Å²) in [6.07, 6.45) is 100. The molecule has 0 rings (SSSR count). The second-order valence-corrected chi connectivity index (χ2v) is 20.6. The highest BCUT2D eigenvalue weighted by Gasteiger charge is 2.19. The number of allylic oxidation sites excluding steroid dienone is 30. The van der Waals surface area contributed by atoms with Gasteiger partial charge in [-0.3, -0.25) is 14.4 Å². The maximum atomic E-state index is 12.9. The van der Waals surface area contributed by atoms with Crippen LogP contribution in [0.15, 0.2) is 182 Å². The SMILES string of the molecule is CC/C=C\C/C=C\C/C=C\C/C=C\C/C=C\C/C=C\C/C=C\C/C=C\C/C=C\CCCCCC(=O)OCC(COC(=O)CCCCCCCCCCCCC)OC(=O)CCCC/C=C\C/C=C\C/C=C\C/C=C\C/C=C\C/C=C\CC. The molecule has 0 aromatic carbocycles. The fourth-order valence-corrected chi connectivity index (χ4v) is 8.14. The first kappa shape index (κ1) is 75.5. The zero-order valence-corrected chi connectivity index (χ0v) is 51.7. The third kappa shape index (κ3) is 65.2. The fourth-order valence-electron chi connectivity index (χ4n) is 8.14. The van der Waals surface area contributed by atoms with Gasteiger partial charge in [-0.1, -0.05) is 274 Å². The predicted octanol–water partition coefficient (Wildman–Crippen LogP) is 22.4. The monoisotopic (exact) mass is 1110 g/mol. The van der Waals surface area contributed by atoms with Crippen LogP contribution in [0, 0.1) is 0 Å². The van der Waals surface area contributed by atoms with Gasteiger partial charge in [0.25, 0.3) is 0 Å². The number of esters is 3. The van der Waals surface area contributed by atoms with Crippen LogP contribution in [0.4, 0.5) is 0 Å². The molecule has 0 aliphatic heterocycles. The van der Waals surface area contributed by atoms with E-state index in [1.54, 1.807) is 0 Å². The van der Waals surface area contributed by atoms with Gasteiger partial charge in [-0.15, -0.1) is 0 Å². The van der Waals surface area contributed by atoms with Crippen LogP contribution in [0.2, 0.25) is 0 Å². The van der Waals surface area contributed by atoms with E-state index in [9.17, 15) is 14.4 Å². The van der Waals surface area contributed by atoms with Gasteiger partial charge >= 0.3 is 17.9 Å². The molecule has 0 heterocycles. The average molecular weight is 1110 g/mol. The maximum absolute atomic E-state index is 12.9. The van der Waals surface area contributed by atoms with Crippen molar-refractivity contribution in [1.29, 1.82) is 0 Å². The van der Waals surface area contributed by atoms with Crippen molar-refractivity contribution in [2.24, 2.45) is 0 Å². The summed E-state index contributed by atoms with van der Waals surface area (Å²) in [6.45, 7) is 6.33. The molecule has 0 fully saturated rings. The molecular weight excluding hydrogens is 997 g/mol. The summed E-state index contributed by atoms with van der Waals surface area (Å²) >= 11 is 0. The Balaban J connectivity index is 4.45. The van der Waals surface area contributed by atoms with Gasteiger partial charge in [0.15, 0.2) is 6.10 Å². The van der Waals surface area contributed by atoms with E-state index in [4.69, 9.17) is 14.2 Å². The summed E-state index contributed by atoms with van der Waals surface area (Å²) in [6, 6.07) is 0. The smallest absolute Gasteiger partial charge is 0.306 e. The van der Waals surface area contributed by atoms with Crippen LogP contribution in [0.3, 0.4) is 0 Å². The van der Waals surface area contributed by atoms with E-state index in [0.717, 1.165) is 154 Å². The summed E-state index contributed by atoms with van der Waals surface area (Å²) in [5, 5.41) is 0. The minimum Gasteiger partial charge on any atom is -0.462 e. The zero-order chi connectivity index (χ0) is 58.5. The molecule has 0 aromatic rings. The quantitative estimate of drug-likeness (QED) is 0.0261. The zero-order valence-electron chi connectivity index (χ0n) is 51.7. The molecule has 0 saturated carbocycles. The summed E-state index contributed by atoms with van der Waals surface area (Å²) in [5.41, 5.74) is 0. The number of carbonyl (C=O) groups excluding carboxylic acids is 3. The fraction of sp³-hybridized carbons (Fsp3) is 0.560. The van der Waals surface area contributed by atoms with Gasteiger partial charge in [-0.25, -0.2) is 0 Å². The lowest BCUT2D eigenvalue weighted by Gasteiger charge is -2.18. The van der Waals surface area contributed by atoms with E-state index >= 15 is 0 Å². The lowest BCUT2D eigenvalue weighted by Crippen LogP contribution is -2.30. The number of unbranched alkanes of at least 4 members (excludes halogenated alkanes) is 15. The van der Waals surface area contributed by atoms with Gasteiger partial charge in [0.05, 0.1) is 0 Å². The van der Waals surface area contributed by atoms with Crippen molar-refractivity contribution in [2.75, 3.05) is 13.2 Å². The highest BCUT2D eigenvalue weighted by atomic mass is 16.6. The van der Waals surface area contributed by atoms with Gasteiger partial charge in [0.2, 0.25) is 0 Å². The largest absolute Gasteiger partial charge is 0.462 e. The maximum Gasteiger partial charge on any atom is 0.306 e. The van der Waals surface area contributed by atoms with Gasteiger partial charge in [0.1, 0.15) is 13.2 Å². The van der Waals surface area contributed by atoms with Gasteiger partial charge in [0, 0.05) is 19.3 Å². The topological polar surface area (TPSA) is 78.9 Å². The number of carbonyl (C=O) groups is 3. The molecule has 452 valence electrons. The molecule has 1 unspecified atom stereocenters. The molecular formula is C75H116O6. The molecule has 1 atom stereocenters. The first-order valence-electron chi connectivity index (χ1n) is 32.3. The molecule has 0 aliphatic carbocycles. The Kier molecular flexibility index (Phi) is 62.5. The number of ether oxygens (including phenoxy) is 3. The molecule has 6 heteroatoms. The van der Waals surface area contributed by atoms with Crippen LogP contribution >= 0.6 is 0 Å². The molecule has 0 N–H and O–H groups in total. The van der Waals surface area contributed by atoms with Crippen LogP contribution in [-0.4, -0.2) is 37.2 Å². The van der Waals surface area contributed by atoms with Crippen LogP contribution in [0.1, 0.15) is 252 Å². The average Bonchev–Trinajstić information content (AvgIpc) is 3.47. The lowest BCUT2D eigenvalue weighted by molar-refractivity contribution is -0.167. The Morgan fingerprint density at radius 2 is 0.481 bits per heavy atom.